The molecule has 0 radical (unpaired) electrons. The second kappa shape index (κ2) is 9.84. The number of aliphatic carboxylic acids is 2. The smallest absolute Gasteiger partial charge is 0.326 e. The molecule has 3 rings (SSSR count). The third-order valence-corrected chi connectivity index (χ3v) is 4.89. The van der Waals surface area contributed by atoms with Gasteiger partial charge in [0.2, 0.25) is 16.9 Å². The molecular formula is C22H23N3O6. The Bertz CT molecular complexity index is 1130. The molecule has 9 heteroatoms. The number of carboxylic acid groups (broad SMARTS) is 2. The largest absolute Gasteiger partial charge is 0.550 e. The fourth-order valence-electron chi connectivity index (χ4n) is 3.30. The van der Waals surface area contributed by atoms with Gasteiger partial charge in [-0.1, -0.05) is 18.2 Å². The highest BCUT2D eigenvalue weighted by atomic mass is 16.5. The van der Waals surface area contributed by atoms with Crippen LogP contribution in [-0.2, 0) is 21.4 Å². The lowest BCUT2D eigenvalue weighted by Crippen LogP contribution is -2.41. The molecule has 2 aromatic carbocycles. The van der Waals surface area contributed by atoms with Crippen LogP contribution in [0.25, 0.3) is 22.1 Å². The second-order valence-electron chi connectivity index (χ2n) is 7.10. The number of carbonyl (C=O) groups excluding carboxylic acids is 2. The summed E-state index contributed by atoms with van der Waals surface area (Å²) < 4.78 is 7.89. The van der Waals surface area contributed by atoms with Crippen molar-refractivity contribution in [2.45, 2.75) is 31.7 Å². The Kier molecular flexibility index (Phi) is 6.96. The number of para-hydroxylation sites is 3. The third kappa shape index (κ3) is 5.44. The molecule has 1 atom stereocenters. The van der Waals surface area contributed by atoms with E-state index < -0.39 is 30.3 Å². The van der Waals surface area contributed by atoms with Gasteiger partial charge in [-0.25, -0.2) is 9.78 Å². The number of carbonyl (C=O) groups is 3. The molecule has 2 N–H and O–H groups in total. The number of aromatic nitrogens is 2. The molecule has 1 amide bonds. The number of fused-ring (bicyclic) bond motifs is 2. The van der Waals surface area contributed by atoms with Gasteiger partial charge in [0.15, 0.2) is 11.3 Å². The Hall–Kier alpha value is -3.75. The average Bonchev–Trinajstić information content (AvgIpc) is 2.74. The zero-order valence-electron chi connectivity index (χ0n) is 17.0. The van der Waals surface area contributed by atoms with Crippen molar-refractivity contribution >= 4 is 39.9 Å². The topological polar surface area (TPSA) is 133 Å². The van der Waals surface area contributed by atoms with E-state index >= 15 is 0 Å². The maximum atomic E-state index is 12.0. The number of carboxylic acids is 2. The number of aryl methyl sites for hydroxylation is 1. The highest BCUT2D eigenvalue weighted by molar-refractivity contribution is 5.85. The quantitative estimate of drug-likeness (QED) is 0.274. The minimum absolute atomic E-state index is 0.0456. The van der Waals surface area contributed by atoms with Crippen LogP contribution < -0.4 is 19.7 Å². The molecule has 0 spiro atoms. The average molecular weight is 425 g/mol. The van der Waals surface area contributed by atoms with E-state index in [1.165, 1.54) is 0 Å². The molecule has 3 aromatic rings. The van der Waals surface area contributed by atoms with Crippen LogP contribution in [0.3, 0.4) is 0 Å². The number of hydrogen-bond donors (Lipinski definition) is 2. The highest BCUT2D eigenvalue weighted by Gasteiger charge is 2.20. The summed E-state index contributed by atoms with van der Waals surface area (Å²) in [6, 6.07) is 12.2. The van der Waals surface area contributed by atoms with Gasteiger partial charge in [0.25, 0.3) is 0 Å². The fourth-order valence-corrected chi connectivity index (χ4v) is 3.30. The van der Waals surface area contributed by atoms with E-state index in [1.54, 1.807) is 0 Å². The van der Waals surface area contributed by atoms with Gasteiger partial charge in [-0.2, -0.15) is 4.57 Å². The van der Waals surface area contributed by atoms with E-state index in [4.69, 9.17) is 14.8 Å². The number of nitrogens with one attached hydrogen (secondary N) is 1. The summed E-state index contributed by atoms with van der Waals surface area (Å²) in [5.74, 6) is -2.54. The number of nitrogens with zero attached hydrogens (tertiary/aromatic N) is 2. The van der Waals surface area contributed by atoms with Crippen molar-refractivity contribution < 1.29 is 33.9 Å². The van der Waals surface area contributed by atoms with E-state index in [0.29, 0.717) is 17.7 Å². The maximum Gasteiger partial charge on any atom is 0.326 e. The summed E-state index contributed by atoms with van der Waals surface area (Å²) in [6.07, 6.45) is -0.272. The maximum absolute atomic E-state index is 12.0. The molecular weight excluding hydrogens is 402 g/mol. The number of hydrogen-bond acceptors (Lipinski definition) is 6. The van der Waals surface area contributed by atoms with Crippen LogP contribution in [0.4, 0.5) is 0 Å². The SMILES string of the molecule is C[n+]1c2ccccc2nc2c(OCCCC(=O)NC(CCC(=O)[O-])C(=O)O)cccc21. The first-order valence-electron chi connectivity index (χ1n) is 9.89. The van der Waals surface area contributed by atoms with Gasteiger partial charge in [0.05, 0.1) is 6.61 Å². The molecule has 0 saturated heterocycles. The zero-order chi connectivity index (χ0) is 22.4. The third-order valence-electron chi connectivity index (χ3n) is 4.89. The van der Waals surface area contributed by atoms with Crippen molar-refractivity contribution in [3.05, 3.63) is 42.5 Å². The predicted molar refractivity (Wildman–Crippen MR) is 109 cm³/mol. The predicted octanol–water partition coefficient (Wildman–Crippen LogP) is 0.471. The minimum Gasteiger partial charge on any atom is -0.550 e. The van der Waals surface area contributed by atoms with Crippen LogP contribution >= 0.6 is 0 Å². The first-order chi connectivity index (χ1) is 14.9. The standard InChI is InChI=1S/C22H23N3O6/c1-25-16-7-3-2-6-14(16)24-21-17(25)8-4-9-18(21)31-13-5-10-19(26)23-15(22(29)30)11-12-20(27)28/h2-4,6-9,15H,5,10-13H2,1H3,(H2-,23,26,27,28,29,30). The van der Waals surface area contributed by atoms with Gasteiger partial charge in [-0.15, -0.1) is 0 Å². The first kappa shape index (κ1) is 21.9. The van der Waals surface area contributed by atoms with Crippen LogP contribution in [0.5, 0.6) is 5.75 Å². The van der Waals surface area contributed by atoms with Gasteiger partial charge in [0, 0.05) is 24.5 Å². The molecule has 0 aliphatic heterocycles. The Morgan fingerprint density at radius 3 is 2.61 bits per heavy atom. The van der Waals surface area contributed by atoms with E-state index in [-0.39, 0.29) is 19.4 Å². The second-order valence-corrected chi connectivity index (χ2v) is 7.10. The van der Waals surface area contributed by atoms with Crippen LogP contribution in [0, 0.1) is 0 Å². The molecule has 0 fully saturated rings. The molecule has 1 unspecified atom stereocenters. The van der Waals surface area contributed by atoms with Gasteiger partial charge in [-0.3, -0.25) is 4.79 Å². The van der Waals surface area contributed by atoms with Gasteiger partial charge in [0.1, 0.15) is 18.6 Å². The Morgan fingerprint density at radius 2 is 1.87 bits per heavy atom. The van der Waals surface area contributed by atoms with E-state index in [9.17, 15) is 19.5 Å². The van der Waals surface area contributed by atoms with Crippen LogP contribution in [0.2, 0.25) is 0 Å². The van der Waals surface area contributed by atoms with Crippen LogP contribution in [0.15, 0.2) is 42.5 Å². The normalized spacial score (nSPS) is 11.9. The fraction of sp³-hybridized carbons (Fsp3) is 0.318. The monoisotopic (exact) mass is 425 g/mol. The van der Waals surface area contributed by atoms with Crippen LogP contribution in [0.1, 0.15) is 25.7 Å². The minimum atomic E-state index is -1.36. The van der Waals surface area contributed by atoms with Crippen molar-refractivity contribution in [2.75, 3.05) is 6.61 Å². The molecule has 9 nitrogen and oxygen atoms in total. The molecule has 0 bridgehead atoms. The van der Waals surface area contributed by atoms with Gasteiger partial charge < -0.3 is 25.1 Å². The number of rotatable bonds is 10. The van der Waals surface area contributed by atoms with Crippen molar-refractivity contribution in [3.63, 3.8) is 0 Å². The lowest BCUT2D eigenvalue weighted by Gasteiger charge is -2.15. The van der Waals surface area contributed by atoms with Gasteiger partial charge >= 0.3 is 5.97 Å². The lowest BCUT2D eigenvalue weighted by atomic mass is 10.1. The summed E-state index contributed by atoms with van der Waals surface area (Å²) >= 11 is 0. The summed E-state index contributed by atoms with van der Waals surface area (Å²) in [5, 5.41) is 21.9. The highest BCUT2D eigenvalue weighted by Crippen LogP contribution is 2.23. The summed E-state index contributed by atoms with van der Waals surface area (Å²) in [6.45, 7) is 0.238. The molecule has 0 aliphatic carbocycles. The summed E-state index contributed by atoms with van der Waals surface area (Å²) in [5.41, 5.74) is 3.45. The van der Waals surface area contributed by atoms with Crippen molar-refractivity contribution in [1.82, 2.24) is 10.3 Å². The number of ether oxygens (including phenoxy) is 1. The van der Waals surface area contributed by atoms with E-state index in [2.05, 4.69) is 5.32 Å². The number of benzene rings is 2. The summed E-state index contributed by atoms with van der Waals surface area (Å²) in [4.78, 5) is 38.4. The molecule has 1 aromatic heterocycles. The molecule has 0 saturated carbocycles. The summed E-state index contributed by atoms with van der Waals surface area (Å²) in [7, 11) is 1.96. The van der Waals surface area contributed by atoms with Crippen molar-refractivity contribution in [2.24, 2.45) is 7.05 Å². The van der Waals surface area contributed by atoms with E-state index in [1.807, 2.05) is 54.1 Å². The molecule has 162 valence electrons. The Labute approximate surface area is 178 Å². The van der Waals surface area contributed by atoms with Crippen LogP contribution in [-0.4, -0.2) is 40.6 Å². The molecule has 0 aliphatic rings. The first-order valence-corrected chi connectivity index (χ1v) is 9.89. The Morgan fingerprint density at radius 1 is 1.13 bits per heavy atom. The van der Waals surface area contributed by atoms with Crippen molar-refractivity contribution in [1.29, 1.82) is 0 Å². The number of amides is 1. The molecule has 1 heterocycles. The van der Waals surface area contributed by atoms with E-state index in [0.717, 1.165) is 16.6 Å². The lowest BCUT2D eigenvalue weighted by molar-refractivity contribution is -0.618. The van der Waals surface area contributed by atoms with Gasteiger partial charge in [-0.05, 0) is 31.4 Å². The molecule has 31 heavy (non-hydrogen) atoms. The Balaban J connectivity index is 1.60. The van der Waals surface area contributed by atoms with Crippen molar-refractivity contribution in [3.8, 4) is 5.75 Å². The zero-order valence-corrected chi connectivity index (χ0v) is 17.0.